The maximum Gasteiger partial charge on any atom is 0.255 e. The molecule has 0 radical (unpaired) electrons. The Kier molecular flexibility index (Phi) is 2.87. The molecule has 1 aromatic heterocycles. The maximum atomic E-state index is 11.6. The van der Waals surface area contributed by atoms with Gasteiger partial charge in [-0.2, -0.15) is 0 Å². The number of carbonyl (C=O) groups excluding carboxylic acids is 1. The predicted molar refractivity (Wildman–Crippen MR) is 62.4 cm³/mol. The Morgan fingerprint density at radius 1 is 1.56 bits per heavy atom. The fourth-order valence-corrected chi connectivity index (χ4v) is 1.44. The van der Waals surface area contributed by atoms with Crippen LogP contribution in [0.25, 0.3) is 11.0 Å². The third-order valence-electron chi connectivity index (χ3n) is 2.46. The molecule has 2 aromatic rings. The first-order valence-electron chi connectivity index (χ1n) is 5.21. The van der Waals surface area contributed by atoms with Crippen molar-refractivity contribution >= 4 is 16.9 Å². The molecule has 3 N–H and O–H groups in total. The Balaban J connectivity index is 2.25. The van der Waals surface area contributed by atoms with E-state index >= 15 is 0 Å². The molecule has 0 aliphatic heterocycles. The van der Waals surface area contributed by atoms with Crippen molar-refractivity contribution in [3.8, 4) is 0 Å². The minimum absolute atomic E-state index is 0.203. The van der Waals surface area contributed by atoms with E-state index in [1.807, 2.05) is 31.2 Å². The van der Waals surface area contributed by atoms with Gasteiger partial charge < -0.3 is 5.73 Å². The van der Waals surface area contributed by atoms with E-state index in [-0.39, 0.29) is 5.91 Å². The molecule has 1 heterocycles. The lowest BCUT2D eigenvalue weighted by molar-refractivity contribution is -0.118. The van der Waals surface area contributed by atoms with Crippen molar-refractivity contribution in [2.24, 2.45) is 5.73 Å². The normalized spacial score (nSPS) is 12.6. The fourth-order valence-electron chi connectivity index (χ4n) is 1.44. The number of benzene rings is 1. The number of nitrogens with one attached hydrogen (secondary N) is 1. The molecule has 0 aliphatic carbocycles. The zero-order valence-electron chi connectivity index (χ0n) is 9.05. The number of para-hydroxylation sites is 2. The summed E-state index contributed by atoms with van der Waals surface area (Å²) in [5.74, 6) is -0.203. The molecule has 1 atom stereocenters. The van der Waals surface area contributed by atoms with Crippen LogP contribution in [0.4, 0.5) is 0 Å². The van der Waals surface area contributed by atoms with Crippen LogP contribution >= 0.6 is 0 Å². The number of aromatic nitrogens is 2. The van der Waals surface area contributed by atoms with Gasteiger partial charge in [-0.25, -0.2) is 9.66 Å². The number of carbonyl (C=O) groups is 1. The van der Waals surface area contributed by atoms with Gasteiger partial charge >= 0.3 is 0 Å². The Morgan fingerprint density at radius 3 is 3.06 bits per heavy atom. The molecule has 0 saturated heterocycles. The van der Waals surface area contributed by atoms with Crippen LogP contribution in [0.3, 0.4) is 0 Å². The van der Waals surface area contributed by atoms with Crippen molar-refractivity contribution in [1.82, 2.24) is 9.66 Å². The third kappa shape index (κ3) is 1.90. The van der Waals surface area contributed by atoms with Crippen molar-refractivity contribution in [3.63, 3.8) is 0 Å². The summed E-state index contributed by atoms with van der Waals surface area (Å²) in [6, 6.07) is 7.09. The first-order chi connectivity index (χ1) is 7.72. The standard InChI is InChI=1S/C11H14N4O/c1-2-8(12)11(16)14-15-7-13-9-5-3-4-6-10(9)15/h3-8H,2,12H2,1H3,(H,14,16)/t8-/m0/s1. The van der Waals surface area contributed by atoms with Gasteiger partial charge in [0.2, 0.25) is 0 Å². The number of nitrogens with two attached hydrogens (primary N) is 1. The summed E-state index contributed by atoms with van der Waals surface area (Å²) in [5.41, 5.74) is 10.0. The van der Waals surface area contributed by atoms with Gasteiger partial charge in [0.25, 0.3) is 5.91 Å². The largest absolute Gasteiger partial charge is 0.320 e. The molecular formula is C11H14N4O. The zero-order valence-corrected chi connectivity index (χ0v) is 9.05. The van der Waals surface area contributed by atoms with Crippen LogP contribution in [0.2, 0.25) is 0 Å². The Hall–Kier alpha value is -1.88. The van der Waals surface area contributed by atoms with Crippen molar-refractivity contribution in [1.29, 1.82) is 0 Å². The molecular weight excluding hydrogens is 204 g/mol. The Bertz CT molecular complexity index is 505. The lowest BCUT2D eigenvalue weighted by Gasteiger charge is -2.10. The van der Waals surface area contributed by atoms with E-state index in [4.69, 9.17) is 5.73 Å². The second kappa shape index (κ2) is 4.32. The highest BCUT2D eigenvalue weighted by Gasteiger charge is 2.11. The smallest absolute Gasteiger partial charge is 0.255 e. The van der Waals surface area contributed by atoms with E-state index in [2.05, 4.69) is 10.4 Å². The number of amides is 1. The lowest BCUT2D eigenvalue weighted by atomic mass is 10.2. The summed E-state index contributed by atoms with van der Waals surface area (Å²) < 4.78 is 1.59. The number of fused-ring (bicyclic) bond motifs is 1. The molecule has 5 nitrogen and oxygen atoms in total. The summed E-state index contributed by atoms with van der Waals surface area (Å²) in [6.07, 6.45) is 2.18. The highest BCUT2D eigenvalue weighted by Crippen LogP contribution is 2.09. The summed E-state index contributed by atoms with van der Waals surface area (Å²) in [5, 5.41) is 0. The fraction of sp³-hybridized carbons (Fsp3) is 0.273. The van der Waals surface area contributed by atoms with E-state index in [1.165, 1.54) is 0 Å². The minimum atomic E-state index is -0.485. The van der Waals surface area contributed by atoms with Gasteiger partial charge in [-0.15, -0.1) is 0 Å². The lowest BCUT2D eigenvalue weighted by Crippen LogP contribution is -2.38. The molecule has 84 valence electrons. The summed E-state index contributed by atoms with van der Waals surface area (Å²) in [4.78, 5) is 15.8. The Labute approximate surface area is 93.2 Å². The average Bonchev–Trinajstić information content (AvgIpc) is 2.72. The van der Waals surface area contributed by atoms with Crippen LogP contribution in [-0.4, -0.2) is 21.6 Å². The summed E-state index contributed by atoms with van der Waals surface area (Å²) in [6.45, 7) is 1.87. The SMILES string of the molecule is CC[C@H](N)C(=O)Nn1cnc2ccccc21. The van der Waals surface area contributed by atoms with Gasteiger partial charge in [0, 0.05) is 0 Å². The molecule has 0 bridgehead atoms. The van der Waals surface area contributed by atoms with Crippen LogP contribution < -0.4 is 11.2 Å². The highest BCUT2D eigenvalue weighted by atomic mass is 16.2. The van der Waals surface area contributed by atoms with Gasteiger partial charge in [0.1, 0.15) is 6.33 Å². The summed E-state index contributed by atoms with van der Waals surface area (Å²) in [7, 11) is 0. The van der Waals surface area contributed by atoms with Crippen LogP contribution in [0, 0.1) is 0 Å². The van der Waals surface area contributed by atoms with Crippen molar-refractivity contribution in [2.75, 3.05) is 5.43 Å². The molecule has 0 spiro atoms. The quantitative estimate of drug-likeness (QED) is 0.802. The van der Waals surface area contributed by atoms with E-state index < -0.39 is 6.04 Å². The second-order valence-corrected chi connectivity index (χ2v) is 3.59. The number of imidazole rings is 1. The van der Waals surface area contributed by atoms with Crippen LogP contribution in [0.5, 0.6) is 0 Å². The molecule has 0 saturated carbocycles. The number of hydrogen-bond donors (Lipinski definition) is 2. The minimum Gasteiger partial charge on any atom is -0.320 e. The van der Waals surface area contributed by atoms with Crippen molar-refractivity contribution in [2.45, 2.75) is 19.4 Å². The zero-order chi connectivity index (χ0) is 11.5. The molecule has 5 heteroatoms. The van der Waals surface area contributed by atoms with Crippen molar-refractivity contribution < 1.29 is 4.79 Å². The van der Waals surface area contributed by atoms with Crippen LogP contribution in [0.1, 0.15) is 13.3 Å². The van der Waals surface area contributed by atoms with E-state index in [1.54, 1.807) is 11.0 Å². The molecule has 2 rings (SSSR count). The molecule has 1 aromatic carbocycles. The van der Waals surface area contributed by atoms with Crippen molar-refractivity contribution in [3.05, 3.63) is 30.6 Å². The maximum absolute atomic E-state index is 11.6. The topological polar surface area (TPSA) is 72.9 Å². The highest BCUT2D eigenvalue weighted by molar-refractivity contribution is 5.90. The van der Waals surface area contributed by atoms with Crippen LogP contribution in [-0.2, 0) is 4.79 Å². The second-order valence-electron chi connectivity index (χ2n) is 3.59. The average molecular weight is 218 g/mol. The summed E-state index contributed by atoms with van der Waals surface area (Å²) >= 11 is 0. The molecule has 0 unspecified atom stereocenters. The molecule has 0 aliphatic rings. The van der Waals surface area contributed by atoms with Gasteiger partial charge in [0.15, 0.2) is 0 Å². The first-order valence-corrected chi connectivity index (χ1v) is 5.21. The monoisotopic (exact) mass is 218 g/mol. The molecule has 1 amide bonds. The van der Waals surface area contributed by atoms with Gasteiger partial charge in [0.05, 0.1) is 17.1 Å². The van der Waals surface area contributed by atoms with E-state index in [9.17, 15) is 4.79 Å². The Morgan fingerprint density at radius 2 is 2.31 bits per heavy atom. The first kappa shape index (κ1) is 10.6. The number of nitrogens with zero attached hydrogens (tertiary/aromatic N) is 2. The van der Waals surface area contributed by atoms with Gasteiger partial charge in [-0.1, -0.05) is 19.1 Å². The van der Waals surface area contributed by atoms with E-state index in [0.29, 0.717) is 6.42 Å². The number of hydrogen-bond acceptors (Lipinski definition) is 3. The van der Waals surface area contributed by atoms with E-state index in [0.717, 1.165) is 11.0 Å². The molecule has 16 heavy (non-hydrogen) atoms. The molecule has 0 fully saturated rings. The predicted octanol–water partition coefficient (Wildman–Crippen LogP) is 0.844. The third-order valence-corrected chi connectivity index (χ3v) is 2.46. The number of rotatable bonds is 3. The van der Waals surface area contributed by atoms with Gasteiger partial charge in [-0.3, -0.25) is 10.2 Å². The van der Waals surface area contributed by atoms with Gasteiger partial charge in [-0.05, 0) is 18.6 Å². The van der Waals surface area contributed by atoms with Crippen LogP contribution in [0.15, 0.2) is 30.6 Å².